The fraction of sp³-hybridized carbons (Fsp3) is 0.333. The van der Waals surface area contributed by atoms with Crippen molar-refractivity contribution in [2.45, 2.75) is 6.04 Å². The number of furan rings is 1. The molecule has 29 heavy (non-hydrogen) atoms. The number of likely N-dealkylation sites (tertiary alicyclic amines) is 1. The van der Waals surface area contributed by atoms with E-state index in [0.29, 0.717) is 32.1 Å². The lowest BCUT2D eigenvalue weighted by Gasteiger charge is -2.30. The molecule has 2 aromatic rings. The molecule has 1 N–H and O–H groups in total. The molecule has 1 amide bonds. The summed E-state index contributed by atoms with van der Waals surface area (Å²) in [6.45, 7) is 3.64. The third kappa shape index (κ3) is 3.81. The molecular weight excluding hydrogens is 379 g/mol. The van der Waals surface area contributed by atoms with E-state index in [4.69, 9.17) is 9.15 Å². The highest BCUT2D eigenvalue weighted by atomic mass is 19.1. The van der Waals surface area contributed by atoms with E-state index >= 15 is 0 Å². The minimum absolute atomic E-state index is 0.0569. The average molecular weight is 400 g/mol. The molecule has 7 nitrogen and oxygen atoms in total. The van der Waals surface area contributed by atoms with Crippen LogP contribution in [-0.2, 0) is 14.3 Å². The predicted molar refractivity (Wildman–Crippen MR) is 101 cm³/mol. The van der Waals surface area contributed by atoms with Crippen molar-refractivity contribution in [3.8, 4) is 0 Å². The number of Topliss-reactive ketones (excluding diaryl/α,β-unsaturated/α-hetero) is 1. The first-order chi connectivity index (χ1) is 14.1. The molecule has 2 saturated heterocycles. The molecule has 152 valence electrons. The van der Waals surface area contributed by atoms with Gasteiger partial charge in [-0.1, -0.05) is 0 Å². The lowest BCUT2D eigenvalue weighted by atomic mass is 9.99. The van der Waals surface area contributed by atoms with Gasteiger partial charge in [-0.3, -0.25) is 14.5 Å². The molecule has 3 heterocycles. The first-order valence-corrected chi connectivity index (χ1v) is 9.44. The van der Waals surface area contributed by atoms with E-state index in [1.165, 1.54) is 35.4 Å². The van der Waals surface area contributed by atoms with Crippen LogP contribution in [0.2, 0.25) is 0 Å². The van der Waals surface area contributed by atoms with Crippen molar-refractivity contribution >= 4 is 17.4 Å². The fourth-order valence-electron chi connectivity index (χ4n) is 3.69. The molecule has 1 aromatic carbocycles. The van der Waals surface area contributed by atoms with E-state index in [2.05, 4.69) is 4.90 Å². The Kier molecular flexibility index (Phi) is 5.46. The average Bonchev–Trinajstić information content (AvgIpc) is 3.35. The Morgan fingerprint density at radius 1 is 1.10 bits per heavy atom. The summed E-state index contributed by atoms with van der Waals surface area (Å²) in [5.74, 6) is -1.90. The van der Waals surface area contributed by atoms with Gasteiger partial charge < -0.3 is 19.2 Å². The van der Waals surface area contributed by atoms with Crippen LogP contribution in [0.25, 0.3) is 5.76 Å². The van der Waals surface area contributed by atoms with Crippen LogP contribution in [0.3, 0.4) is 0 Å². The predicted octanol–water partition coefficient (Wildman–Crippen LogP) is 2.17. The summed E-state index contributed by atoms with van der Waals surface area (Å²) in [4.78, 5) is 29.1. The van der Waals surface area contributed by atoms with Crippen LogP contribution < -0.4 is 0 Å². The van der Waals surface area contributed by atoms with Gasteiger partial charge in [0.1, 0.15) is 23.4 Å². The number of halogens is 1. The standard InChI is InChI=1S/C21H21FN2O5/c22-15-5-3-14(4-6-15)19(25)17-18(16-2-1-11-29-16)24(21(27)20(17)26)8-7-23-9-12-28-13-10-23/h1-6,11,18,25H,7-10,12-13H2/b19-17-. The number of aliphatic hydroxyl groups is 1. The van der Waals surface area contributed by atoms with Crippen molar-refractivity contribution < 1.29 is 28.2 Å². The summed E-state index contributed by atoms with van der Waals surface area (Å²) < 4.78 is 24.1. The number of amides is 1. The van der Waals surface area contributed by atoms with E-state index in [1.54, 1.807) is 12.1 Å². The Hall–Kier alpha value is -2.97. The normalized spacial score (nSPS) is 22.4. The molecular formula is C21H21FN2O5. The second-order valence-corrected chi connectivity index (χ2v) is 6.97. The number of morpholine rings is 1. The van der Waals surface area contributed by atoms with Crippen molar-refractivity contribution in [2.75, 3.05) is 39.4 Å². The molecule has 0 saturated carbocycles. The molecule has 8 heteroatoms. The van der Waals surface area contributed by atoms with Crippen LogP contribution in [0.1, 0.15) is 17.4 Å². The number of rotatable bonds is 5. The topological polar surface area (TPSA) is 83.2 Å². The second kappa shape index (κ2) is 8.18. The van der Waals surface area contributed by atoms with Crippen LogP contribution in [0.4, 0.5) is 4.39 Å². The van der Waals surface area contributed by atoms with Gasteiger partial charge in [0.05, 0.1) is 25.1 Å². The van der Waals surface area contributed by atoms with Crippen molar-refractivity contribution in [3.63, 3.8) is 0 Å². The number of nitrogens with zero attached hydrogens (tertiary/aromatic N) is 2. The van der Waals surface area contributed by atoms with Crippen molar-refractivity contribution in [1.82, 2.24) is 9.80 Å². The summed E-state index contributed by atoms with van der Waals surface area (Å²) in [7, 11) is 0. The van der Waals surface area contributed by atoms with Crippen LogP contribution in [0.15, 0.2) is 52.7 Å². The summed E-state index contributed by atoms with van der Waals surface area (Å²) in [6.07, 6.45) is 1.45. The van der Waals surface area contributed by atoms with E-state index in [0.717, 1.165) is 13.1 Å². The molecule has 0 spiro atoms. The maximum absolute atomic E-state index is 13.2. The van der Waals surface area contributed by atoms with E-state index in [9.17, 15) is 19.1 Å². The zero-order valence-corrected chi connectivity index (χ0v) is 15.7. The van der Waals surface area contributed by atoms with Gasteiger partial charge in [0.2, 0.25) is 0 Å². The summed E-state index contributed by atoms with van der Waals surface area (Å²) in [6, 6.07) is 7.59. The maximum Gasteiger partial charge on any atom is 0.295 e. The smallest absolute Gasteiger partial charge is 0.295 e. The molecule has 0 radical (unpaired) electrons. The minimum atomic E-state index is -0.837. The molecule has 1 aromatic heterocycles. The van der Waals surface area contributed by atoms with Crippen LogP contribution in [0.5, 0.6) is 0 Å². The third-order valence-electron chi connectivity index (χ3n) is 5.23. The van der Waals surface area contributed by atoms with Gasteiger partial charge in [-0.15, -0.1) is 0 Å². The van der Waals surface area contributed by atoms with Crippen LogP contribution >= 0.6 is 0 Å². The number of benzene rings is 1. The largest absolute Gasteiger partial charge is 0.507 e. The van der Waals surface area contributed by atoms with Crippen molar-refractivity contribution in [3.05, 3.63) is 65.4 Å². The summed E-state index contributed by atoms with van der Waals surface area (Å²) in [5, 5.41) is 10.8. The molecule has 1 unspecified atom stereocenters. The number of ether oxygens (including phenoxy) is 1. The number of hydrogen-bond acceptors (Lipinski definition) is 6. The zero-order valence-electron chi connectivity index (χ0n) is 15.7. The summed E-state index contributed by atoms with van der Waals surface area (Å²) >= 11 is 0. The Morgan fingerprint density at radius 2 is 1.83 bits per heavy atom. The minimum Gasteiger partial charge on any atom is -0.507 e. The third-order valence-corrected chi connectivity index (χ3v) is 5.23. The van der Waals surface area contributed by atoms with Crippen LogP contribution in [0, 0.1) is 5.82 Å². The molecule has 0 aliphatic carbocycles. The first-order valence-electron chi connectivity index (χ1n) is 9.44. The highest BCUT2D eigenvalue weighted by Gasteiger charge is 2.47. The second-order valence-electron chi connectivity index (χ2n) is 6.97. The Balaban J connectivity index is 1.68. The zero-order chi connectivity index (χ0) is 20.4. The van der Waals surface area contributed by atoms with Gasteiger partial charge in [-0.25, -0.2) is 4.39 Å². The number of ketones is 1. The number of aliphatic hydroxyl groups excluding tert-OH is 1. The molecule has 2 fully saturated rings. The molecule has 4 rings (SSSR count). The lowest BCUT2D eigenvalue weighted by molar-refractivity contribution is -0.140. The highest BCUT2D eigenvalue weighted by molar-refractivity contribution is 6.46. The number of carbonyl (C=O) groups excluding carboxylic acids is 2. The van der Waals surface area contributed by atoms with Crippen LogP contribution in [-0.4, -0.2) is 66.0 Å². The lowest BCUT2D eigenvalue weighted by Crippen LogP contribution is -2.42. The number of carbonyl (C=O) groups is 2. The van der Waals surface area contributed by atoms with Gasteiger partial charge in [0.15, 0.2) is 0 Å². The van der Waals surface area contributed by atoms with E-state index < -0.39 is 23.5 Å². The first kappa shape index (κ1) is 19.4. The quantitative estimate of drug-likeness (QED) is 0.471. The number of hydrogen-bond donors (Lipinski definition) is 1. The summed E-state index contributed by atoms with van der Waals surface area (Å²) in [5.41, 5.74) is 0.202. The van der Waals surface area contributed by atoms with Gasteiger partial charge >= 0.3 is 0 Å². The highest BCUT2D eigenvalue weighted by Crippen LogP contribution is 2.39. The Bertz CT molecular complexity index is 917. The van der Waals surface area contributed by atoms with Crippen molar-refractivity contribution in [1.29, 1.82) is 0 Å². The van der Waals surface area contributed by atoms with E-state index in [1.807, 2.05) is 0 Å². The van der Waals surface area contributed by atoms with Crippen molar-refractivity contribution in [2.24, 2.45) is 0 Å². The monoisotopic (exact) mass is 400 g/mol. The van der Waals surface area contributed by atoms with Gasteiger partial charge in [0.25, 0.3) is 11.7 Å². The Labute approximate surface area is 167 Å². The van der Waals surface area contributed by atoms with Gasteiger partial charge in [-0.2, -0.15) is 0 Å². The van der Waals surface area contributed by atoms with E-state index in [-0.39, 0.29) is 16.9 Å². The molecule has 1 atom stereocenters. The van der Waals surface area contributed by atoms with Gasteiger partial charge in [0, 0.05) is 31.7 Å². The molecule has 2 aliphatic heterocycles. The SMILES string of the molecule is O=C1C(=O)N(CCN2CCOCC2)C(c2ccco2)/C1=C(/O)c1ccc(F)cc1. The fourth-order valence-corrected chi connectivity index (χ4v) is 3.69. The molecule has 0 bridgehead atoms. The maximum atomic E-state index is 13.2. The van der Waals surface area contributed by atoms with Gasteiger partial charge in [-0.05, 0) is 36.4 Å². The Morgan fingerprint density at radius 3 is 2.48 bits per heavy atom. The molecule has 2 aliphatic rings.